The van der Waals surface area contributed by atoms with Gasteiger partial charge in [-0.1, -0.05) is 34.8 Å². The molecule has 1 heterocycles. The highest BCUT2D eigenvalue weighted by Gasteiger charge is 2.16. The fourth-order valence-electron chi connectivity index (χ4n) is 1.43. The van der Waals surface area contributed by atoms with E-state index in [0.29, 0.717) is 5.02 Å². The molecular weight excluding hydrogens is 337 g/mol. The van der Waals surface area contributed by atoms with Crippen molar-refractivity contribution in [2.75, 3.05) is 10.6 Å². The van der Waals surface area contributed by atoms with E-state index >= 15 is 0 Å². The topological polar surface area (TPSA) is 71.1 Å². The van der Waals surface area contributed by atoms with Gasteiger partial charge in [0.25, 0.3) is 0 Å². The van der Waals surface area contributed by atoms with Crippen LogP contribution in [0, 0.1) is 0 Å². The zero-order valence-electron chi connectivity index (χ0n) is 10.4. The van der Waals surface area contributed by atoms with Crippen LogP contribution in [0.5, 0.6) is 0 Å². The summed E-state index contributed by atoms with van der Waals surface area (Å²) >= 11 is 17.5. The van der Waals surface area contributed by atoms with Gasteiger partial charge in [-0.25, -0.2) is 4.98 Å². The molecule has 0 saturated carbocycles. The highest BCUT2D eigenvalue weighted by Crippen LogP contribution is 2.25. The van der Waals surface area contributed by atoms with Crippen molar-refractivity contribution in [2.45, 2.75) is 0 Å². The Kier molecular flexibility index (Phi) is 5.01. The number of carbonyl (C=O) groups excluding carboxylic acids is 2. The predicted octanol–water partition coefficient (Wildman–Crippen LogP) is 3.62. The van der Waals surface area contributed by atoms with Crippen molar-refractivity contribution < 1.29 is 9.59 Å². The molecule has 0 bridgehead atoms. The maximum Gasteiger partial charge on any atom is 0.314 e. The van der Waals surface area contributed by atoms with E-state index in [9.17, 15) is 9.59 Å². The molecule has 0 aliphatic rings. The van der Waals surface area contributed by atoms with Gasteiger partial charge >= 0.3 is 11.8 Å². The number of nitrogens with one attached hydrogen (secondary N) is 2. The van der Waals surface area contributed by atoms with Gasteiger partial charge in [0.1, 0.15) is 0 Å². The van der Waals surface area contributed by atoms with Crippen LogP contribution >= 0.6 is 34.8 Å². The zero-order valence-corrected chi connectivity index (χ0v) is 12.6. The first-order chi connectivity index (χ1) is 9.97. The van der Waals surface area contributed by atoms with E-state index < -0.39 is 11.8 Å². The number of halogens is 3. The smallest absolute Gasteiger partial charge is 0.314 e. The van der Waals surface area contributed by atoms with E-state index in [1.54, 1.807) is 12.1 Å². The predicted molar refractivity (Wildman–Crippen MR) is 83.0 cm³/mol. The fourth-order valence-corrected chi connectivity index (χ4v) is 1.93. The maximum atomic E-state index is 11.8. The van der Waals surface area contributed by atoms with Gasteiger partial charge in [0.2, 0.25) is 0 Å². The minimum atomic E-state index is -0.904. The number of pyridine rings is 1. The van der Waals surface area contributed by atoms with Gasteiger partial charge in [0.05, 0.1) is 16.4 Å². The fraction of sp³-hybridized carbons (Fsp3) is 0. The molecule has 0 fully saturated rings. The number of benzene rings is 1. The van der Waals surface area contributed by atoms with E-state index in [4.69, 9.17) is 34.8 Å². The third-order valence-corrected chi connectivity index (χ3v) is 3.26. The number of rotatable bonds is 2. The minimum absolute atomic E-state index is 0.0828. The standard InChI is InChI=1S/C13H8Cl3N3O2/c14-7-3-4-8(15)10(6-7)19-13(21)12(20)18-9-2-1-5-17-11(9)16/h1-6H,(H,18,20)(H,19,21). The summed E-state index contributed by atoms with van der Waals surface area (Å²) in [4.78, 5) is 27.4. The number of hydrogen-bond acceptors (Lipinski definition) is 3. The molecule has 1 aromatic carbocycles. The van der Waals surface area contributed by atoms with Crippen molar-refractivity contribution in [1.29, 1.82) is 0 Å². The summed E-state index contributed by atoms with van der Waals surface area (Å²) < 4.78 is 0. The monoisotopic (exact) mass is 343 g/mol. The van der Waals surface area contributed by atoms with Gasteiger partial charge in [0.15, 0.2) is 5.15 Å². The number of aromatic nitrogens is 1. The van der Waals surface area contributed by atoms with E-state index in [-0.39, 0.29) is 21.6 Å². The van der Waals surface area contributed by atoms with Gasteiger partial charge in [-0.05, 0) is 30.3 Å². The Hall–Kier alpha value is -1.82. The third kappa shape index (κ3) is 4.07. The molecule has 21 heavy (non-hydrogen) atoms. The Balaban J connectivity index is 2.08. The summed E-state index contributed by atoms with van der Waals surface area (Å²) in [7, 11) is 0. The maximum absolute atomic E-state index is 11.8. The largest absolute Gasteiger partial charge is 0.316 e. The average Bonchev–Trinajstić information content (AvgIpc) is 2.45. The summed E-state index contributed by atoms with van der Waals surface area (Å²) in [5.74, 6) is -1.81. The SMILES string of the molecule is O=C(Nc1cc(Cl)ccc1Cl)C(=O)Nc1cccnc1Cl. The van der Waals surface area contributed by atoms with E-state index in [1.807, 2.05) is 0 Å². The van der Waals surface area contributed by atoms with Crippen molar-refractivity contribution in [3.8, 4) is 0 Å². The summed E-state index contributed by atoms with van der Waals surface area (Å²) in [5, 5.41) is 5.43. The van der Waals surface area contributed by atoms with Crippen LogP contribution in [0.15, 0.2) is 36.5 Å². The Morgan fingerprint density at radius 1 is 0.952 bits per heavy atom. The number of amides is 2. The second-order valence-corrected chi connectivity index (χ2v) is 5.08. The molecule has 0 radical (unpaired) electrons. The first-order valence-electron chi connectivity index (χ1n) is 5.65. The Labute approximate surface area is 135 Å². The molecule has 0 aliphatic heterocycles. The Morgan fingerprint density at radius 2 is 1.62 bits per heavy atom. The molecule has 2 rings (SSSR count). The summed E-state index contributed by atoms with van der Waals surface area (Å²) in [6.45, 7) is 0. The van der Waals surface area contributed by atoms with Crippen LogP contribution in [0.3, 0.4) is 0 Å². The van der Waals surface area contributed by atoms with Crippen LogP contribution in [-0.2, 0) is 9.59 Å². The molecule has 108 valence electrons. The second-order valence-electron chi connectivity index (χ2n) is 3.87. The van der Waals surface area contributed by atoms with Gasteiger partial charge in [-0.15, -0.1) is 0 Å². The van der Waals surface area contributed by atoms with Crippen LogP contribution < -0.4 is 10.6 Å². The van der Waals surface area contributed by atoms with Crippen LogP contribution in [0.4, 0.5) is 11.4 Å². The first kappa shape index (κ1) is 15.6. The molecule has 2 N–H and O–H groups in total. The first-order valence-corrected chi connectivity index (χ1v) is 6.78. The van der Waals surface area contributed by atoms with Crippen LogP contribution in [0.1, 0.15) is 0 Å². The molecule has 5 nitrogen and oxygen atoms in total. The number of nitrogens with zero attached hydrogens (tertiary/aromatic N) is 1. The van der Waals surface area contributed by atoms with Crippen molar-refractivity contribution in [3.05, 3.63) is 51.7 Å². The molecule has 0 unspecified atom stereocenters. The molecule has 0 aliphatic carbocycles. The van der Waals surface area contributed by atoms with E-state index in [0.717, 1.165) is 0 Å². The molecule has 0 saturated heterocycles. The highest BCUT2D eigenvalue weighted by molar-refractivity contribution is 6.45. The molecule has 2 aromatic rings. The lowest BCUT2D eigenvalue weighted by molar-refractivity contribution is -0.132. The van der Waals surface area contributed by atoms with Crippen LogP contribution in [-0.4, -0.2) is 16.8 Å². The van der Waals surface area contributed by atoms with Gasteiger partial charge in [0, 0.05) is 11.2 Å². The molecule has 0 spiro atoms. The lowest BCUT2D eigenvalue weighted by atomic mass is 10.3. The Bertz CT molecular complexity index is 707. The van der Waals surface area contributed by atoms with Crippen LogP contribution in [0.25, 0.3) is 0 Å². The quantitative estimate of drug-likeness (QED) is 0.645. The van der Waals surface area contributed by atoms with Crippen molar-refractivity contribution >= 4 is 58.0 Å². The van der Waals surface area contributed by atoms with Gasteiger partial charge < -0.3 is 10.6 Å². The lowest BCUT2D eigenvalue weighted by Gasteiger charge is -2.08. The van der Waals surface area contributed by atoms with Crippen molar-refractivity contribution in [1.82, 2.24) is 4.98 Å². The van der Waals surface area contributed by atoms with Crippen LogP contribution in [0.2, 0.25) is 15.2 Å². The highest BCUT2D eigenvalue weighted by atomic mass is 35.5. The molecule has 2 amide bonds. The molecule has 1 aromatic heterocycles. The number of anilines is 2. The van der Waals surface area contributed by atoms with Crippen molar-refractivity contribution in [2.24, 2.45) is 0 Å². The average molecular weight is 345 g/mol. The number of hydrogen-bond donors (Lipinski definition) is 2. The molecule has 0 atom stereocenters. The van der Waals surface area contributed by atoms with E-state index in [2.05, 4.69) is 15.6 Å². The number of carbonyl (C=O) groups is 2. The minimum Gasteiger partial charge on any atom is -0.316 e. The summed E-state index contributed by atoms with van der Waals surface area (Å²) in [5.41, 5.74) is 0.470. The van der Waals surface area contributed by atoms with Gasteiger partial charge in [-0.2, -0.15) is 0 Å². The lowest BCUT2D eigenvalue weighted by Crippen LogP contribution is -2.29. The zero-order chi connectivity index (χ0) is 15.4. The normalized spacial score (nSPS) is 10.0. The summed E-state index contributed by atoms with van der Waals surface area (Å²) in [6, 6.07) is 7.61. The second kappa shape index (κ2) is 6.76. The van der Waals surface area contributed by atoms with E-state index in [1.165, 1.54) is 24.4 Å². The van der Waals surface area contributed by atoms with Gasteiger partial charge in [-0.3, -0.25) is 9.59 Å². The molecule has 8 heteroatoms. The third-order valence-electron chi connectivity index (χ3n) is 2.39. The van der Waals surface area contributed by atoms with Crippen molar-refractivity contribution in [3.63, 3.8) is 0 Å². The summed E-state index contributed by atoms with van der Waals surface area (Å²) in [6.07, 6.45) is 1.46. The Morgan fingerprint density at radius 3 is 2.29 bits per heavy atom. The molecular formula is C13H8Cl3N3O2.